The maximum atomic E-state index is 12.8. The second kappa shape index (κ2) is 7.40. The molecule has 23 heavy (non-hydrogen) atoms. The molecule has 0 atom stereocenters. The molecule has 0 radical (unpaired) electrons. The van der Waals surface area contributed by atoms with Gasteiger partial charge in [-0.3, -0.25) is 20.4 Å². The highest BCUT2D eigenvalue weighted by Gasteiger charge is 2.08. The van der Waals surface area contributed by atoms with Crippen LogP contribution in [0.1, 0.15) is 21.5 Å². The fraction of sp³-hybridized carbons (Fsp3) is 0.176. The number of hydrogen-bond acceptors (Lipinski definition) is 3. The Morgan fingerprint density at radius 1 is 1.00 bits per heavy atom. The van der Waals surface area contributed by atoms with Gasteiger partial charge in [0.15, 0.2) is 6.61 Å². The summed E-state index contributed by atoms with van der Waals surface area (Å²) in [7, 11) is 0. The van der Waals surface area contributed by atoms with Gasteiger partial charge in [-0.2, -0.15) is 0 Å². The molecular formula is C17H17FN2O3. The van der Waals surface area contributed by atoms with Crippen LogP contribution in [0.4, 0.5) is 4.39 Å². The minimum absolute atomic E-state index is 0.230. The van der Waals surface area contributed by atoms with Gasteiger partial charge in [0, 0.05) is 5.56 Å². The predicted molar refractivity (Wildman–Crippen MR) is 83.4 cm³/mol. The Balaban J connectivity index is 1.79. The van der Waals surface area contributed by atoms with Gasteiger partial charge in [0.05, 0.1) is 0 Å². The third kappa shape index (κ3) is 4.81. The van der Waals surface area contributed by atoms with E-state index < -0.39 is 17.6 Å². The Hall–Kier alpha value is -2.89. The van der Waals surface area contributed by atoms with Gasteiger partial charge >= 0.3 is 0 Å². The number of ether oxygens (including phenoxy) is 1. The van der Waals surface area contributed by atoms with E-state index in [0.29, 0.717) is 5.75 Å². The molecular weight excluding hydrogens is 299 g/mol. The number of amides is 2. The highest BCUT2D eigenvalue weighted by molar-refractivity contribution is 5.95. The zero-order chi connectivity index (χ0) is 16.8. The van der Waals surface area contributed by atoms with Crippen LogP contribution in [0, 0.1) is 19.7 Å². The van der Waals surface area contributed by atoms with Crippen LogP contribution < -0.4 is 15.6 Å². The molecule has 0 bridgehead atoms. The number of rotatable bonds is 4. The van der Waals surface area contributed by atoms with Gasteiger partial charge in [0.2, 0.25) is 0 Å². The summed E-state index contributed by atoms with van der Waals surface area (Å²) in [6.45, 7) is 3.70. The van der Waals surface area contributed by atoms with Gasteiger partial charge in [0.25, 0.3) is 11.8 Å². The Morgan fingerprint density at radius 3 is 2.35 bits per heavy atom. The molecule has 0 heterocycles. The summed E-state index contributed by atoms with van der Waals surface area (Å²) in [6.07, 6.45) is 0. The van der Waals surface area contributed by atoms with Crippen molar-refractivity contribution >= 4 is 11.8 Å². The SMILES string of the molecule is Cc1ccc(OCC(=O)NNC(=O)c2ccc(F)cc2)cc1C. The Bertz CT molecular complexity index is 714. The molecule has 0 aromatic heterocycles. The van der Waals surface area contributed by atoms with E-state index in [2.05, 4.69) is 10.9 Å². The Labute approximate surface area is 133 Å². The number of hydrazine groups is 1. The zero-order valence-electron chi connectivity index (χ0n) is 12.9. The van der Waals surface area contributed by atoms with E-state index in [9.17, 15) is 14.0 Å². The van der Waals surface area contributed by atoms with Crippen molar-refractivity contribution in [2.24, 2.45) is 0 Å². The summed E-state index contributed by atoms with van der Waals surface area (Å²) < 4.78 is 18.1. The fourth-order valence-electron chi connectivity index (χ4n) is 1.79. The molecule has 2 N–H and O–H groups in total. The van der Waals surface area contributed by atoms with Crippen molar-refractivity contribution in [1.82, 2.24) is 10.9 Å². The molecule has 0 fully saturated rings. The lowest BCUT2D eigenvalue weighted by molar-refractivity contribution is -0.123. The molecule has 0 aliphatic rings. The van der Waals surface area contributed by atoms with Crippen LogP contribution in [-0.4, -0.2) is 18.4 Å². The number of nitrogens with one attached hydrogen (secondary N) is 2. The number of halogens is 1. The lowest BCUT2D eigenvalue weighted by Crippen LogP contribution is -2.43. The van der Waals surface area contributed by atoms with Gasteiger partial charge in [0.1, 0.15) is 11.6 Å². The first-order chi connectivity index (χ1) is 11.0. The van der Waals surface area contributed by atoms with Crippen molar-refractivity contribution < 1.29 is 18.7 Å². The molecule has 0 saturated carbocycles. The molecule has 120 valence electrons. The van der Waals surface area contributed by atoms with Crippen LogP contribution >= 0.6 is 0 Å². The topological polar surface area (TPSA) is 67.4 Å². The molecule has 2 rings (SSSR count). The lowest BCUT2D eigenvalue weighted by Gasteiger charge is -2.10. The molecule has 0 unspecified atom stereocenters. The quantitative estimate of drug-likeness (QED) is 0.851. The summed E-state index contributed by atoms with van der Waals surface area (Å²) in [6, 6.07) is 10.5. The Morgan fingerprint density at radius 2 is 1.70 bits per heavy atom. The largest absolute Gasteiger partial charge is 0.484 e. The summed E-state index contributed by atoms with van der Waals surface area (Å²) >= 11 is 0. The zero-order valence-corrected chi connectivity index (χ0v) is 12.9. The highest BCUT2D eigenvalue weighted by atomic mass is 19.1. The number of benzene rings is 2. The van der Waals surface area contributed by atoms with Crippen LogP contribution in [-0.2, 0) is 4.79 Å². The summed E-state index contributed by atoms with van der Waals surface area (Å²) in [5, 5.41) is 0. The van der Waals surface area contributed by atoms with Crippen LogP contribution in [0.15, 0.2) is 42.5 Å². The van der Waals surface area contributed by atoms with Gasteiger partial charge < -0.3 is 4.74 Å². The average molecular weight is 316 g/mol. The van der Waals surface area contributed by atoms with Crippen molar-refractivity contribution in [2.45, 2.75) is 13.8 Å². The van der Waals surface area contributed by atoms with Crippen LogP contribution in [0.5, 0.6) is 5.75 Å². The van der Waals surface area contributed by atoms with E-state index >= 15 is 0 Å². The molecule has 0 spiro atoms. The van der Waals surface area contributed by atoms with Crippen molar-refractivity contribution in [3.8, 4) is 5.75 Å². The molecule has 2 aromatic carbocycles. The van der Waals surface area contributed by atoms with Crippen molar-refractivity contribution in [3.05, 3.63) is 65.0 Å². The first-order valence-electron chi connectivity index (χ1n) is 7.00. The lowest BCUT2D eigenvalue weighted by atomic mass is 10.1. The molecule has 6 heteroatoms. The summed E-state index contributed by atoms with van der Waals surface area (Å²) in [5.41, 5.74) is 6.90. The maximum Gasteiger partial charge on any atom is 0.276 e. The minimum atomic E-state index is -0.537. The maximum absolute atomic E-state index is 12.8. The van der Waals surface area contributed by atoms with E-state index in [1.54, 1.807) is 6.07 Å². The van der Waals surface area contributed by atoms with Crippen LogP contribution in [0.25, 0.3) is 0 Å². The molecule has 0 aliphatic heterocycles. The second-order valence-corrected chi connectivity index (χ2v) is 5.04. The molecule has 5 nitrogen and oxygen atoms in total. The molecule has 2 aromatic rings. The smallest absolute Gasteiger partial charge is 0.276 e. The fourth-order valence-corrected chi connectivity index (χ4v) is 1.79. The molecule has 2 amide bonds. The standard InChI is InChI=1S/C17H17FN2O3/c1-11-3-8-15(9-12(11)2)23-10-16(21)19-20-17(22)13-4-6-14(18)7-5-13/h3-9H,10H2,1-2H3,(H,19,21)(H,20,22). The minimum Gasteiger partial charge on any atom is -0.484 e. The predicted octanol–water partition coefficient (Wildman–Crippen LogP) is 2.28. The molecule has 0 aliphatic carbocycles. The number of carbonyl (C=O) groups excluding carboxylic acids is 2. The number of carbonyl (C=O) groups is 2. The third-order valence-electron chi connectivity index (χ3n) is 3.27. The number of aryl methyl sites for hydroxylation is 2. The van der Waals surface area contributed by atoms with E-state index in [4.69, 9.17) is 4.74 Å². The normalized spacial score (nSPS) is 10.0. The second-order valence-electron chi connectivity index (χ2n) is 5.04. The number of hydrogen-bond donors (Lipinski definition) is 2. The van der Waals surface area contributed by atoms with Crippen LogP contribution in [0.2, 0.25) is 0 Å². The van der Waals surface area contributed by atoms with Gasteiger partial charge in [-0.25, -0.2) is 4.39 Å². The van der Waals surface area contributed by atoms with Crippen molar-refractivity contribution in [2.75, 3.05) is 6.61 Å². The van der Waals surface area contributed by atoms with Gasteiger partial charge in [-0.05, 0) is 61.4 Å². The van der Waals surface area contributed by atoms with Crippen molar-refractivity contribution in [1.29, 1.82) is 0 Å². The summed E-state index contributed by atoms with van der Waals surface area (Å²) in [4.78, 5) is 23.4. The average Bonchev–Trinajstić information content (AvgIpc) is 2.54. The van der Waals surface area contributed by atoms with Gasteiger partial charge in [-0.1, -0.05) is 6.07 Å². The monoisotopic (exact) mass is 316 g/mol. The third-order valence-corrected chi connectivity index (χ3v) is 3.27. The van der Waals surface area contributed by atoms with E-state index in [-0.39, 0.29) is 12.2 Å². The van der Waals surface area contributed by atoms with E-state index in [0.717, 1.165) is 11.1 Å². The van der Waals surface area contributed by atoms with Gasteiger partial charge in [-0.15, -0.1) is 0 Å². The highest BCUT2D eigenvalue weighted by Crippen LogP contribution is 2.16. The van der Waals surface area contributed by atoms with Crippen molar-refractivity contribution in [3.63, 3.8) is 0 Å². The molecule has 0 saturated heterocycles. The first kappa shape index (κ1) is 16.5. The van der Waals surface area contributed by atoms with E-state index in [1.807, 2.05) is 26.0 Å². The first-order valence-corrected chi connectivity index (χ1v) is 7.00. The van der Waals surface area contributed by atoms with E-state index in [1.165, 1.54) is 24.3 Å². The Kier molecular flexibility index (Phi) is 5.30. The summed E-state index contributed by atoms with van der Waals surface area (Å²) in [5.74, 6) is -0.899. The van der Waals surface area contributed by atoms with Crippen LogP contribution in [0.3, 0.4) is 0 Å².